The maximum Gasteiger partial charge on any atom is 0.0723 e. The first-order valence-corrected chi connectivity index (χ1v) is 17.5. The minimum Gasteiger partial charge on any atom is -0.375 e. The highest BCUT2D eigenvalue weighted by atomic mass is 16.5. The Hall–Kier alpha value is -1.72. The Bertz CT molecular complexity index is 809. The first kappa shape index (κ1) is 36.5. The number of hydrogen-bond acceptors (Lipinski definition) is 4. The predicted octanol–water partition coefficient (Wildman–Crippen LogP) is 9.75. The summed E-state index contributed by atoms with van der Waals surface area (Å²) in [5.41, 5.74) is 5.04. The van der Waals surface area contributed by atoms with Crippen LogP contribution in [-0.4, -0.2) is 62.3 Å². The van der Waals surface area contributed by atoms with Gasteiger partial charge in [0.1, 0.15) is 0 Å². The molecule has 0 amide bonds. The summed E-state index contributed by atoms with van der Waals surface area (Å²) in [5, 5.41) is 0. The van der Waals surface area contributed by atoms with Crippen molar-refractivity contribution in [3.05, 3.63) is 59.7 Å². The second kappa shape index (κ2) is 24.7. The van der Waals surface area contributed by atoms with Gasteiger partial charge in [-0.2, -0.15) is 0 Å². The van der Waals surface area contributed by atoms with E-state index in [9.17, 15) is 0 Å². The molecule has 0 aliphatic carbocycles. The highest BCUT2D eigenvalue weighted by Gasteiger charge is 2.11. The average Bonchev–Trinajstić information content (AvgIpc) is 3.01. The van der Waals surface area contributed by atoms with E-state index in [1.54, 1.807) is 0 Å². The van der Waals surface area contributed by atoms with Gasteiger partial charge in [0.15, 0.2) is 0 Å². The molecule has 42 heavy (non-hydrogen) atoms. The number of hydrogen-bond donors (Lipinski definition) is 0. The van der Waals surface area contributed by atoms with Gasteiger partial charge in [0.25, 0.3) is 0 Å². The van der Waals surface area contributed by atoms with Crippen LogP contribution >= 0.6 is 0 Å². The molecule has 0 saturated heterocycles. The lowest BCUT2D eigenvalue weighted by atomic mass is 9.96. The van der Waals surface area contributed by atoms with Crippen LogP contribution in [0, 0.1) is 0 Å². The van der Waals surface area contributed by atoms with E-state index >= 15 is 0 Å². The van der Waals surface area contributed by atoms with Crippen molar-refractivity contribution < 1.29 is 9.47 Å². The van der Waals surface area contributed by atoms with E-state index in [2.05, 4.69) is 86.0 Å². The molecule has 0 unspecified atom stereocenters. The molecule has 0 bridgehead atoms. The summed E-state index contributed by atoms with van der Waals surface area (Å²) in [6, 6.07) is 17.5. The fourth-order valence-corrected chi connectivity index (χ4v) is 5.58. The smallest absolute Gasteiger partial charge is 0.0723 e. The molecule has 2 aromatic rings. The van der Waals surface area contributed by atoms with Crippen LogP contribution in [0.3, 0.4) is 0 Å². The summed E-state index contributed by atoms with van der Waals surface area (Å²) >= 11 is 0. The van der Waals surface area contributed by atoms with Crippen LogP contribution in [-0.2, 0) is 22.7 Å². The molecule has 2 aromatic carbocycles. The molecule has 0 aromatic heterocycles. The first-order valence-electron chi connectivity index (χ1n) is 17.5. The van der Waals surface area contributed by atoms with E-state index < -0.39 is 0 Å². The van der Waals surface area contributed by atoms with Gasteiger partial charge >= 0.3 is 0 Å². The molecule has 4 nitrogen and oxygen atoms in total. The number of ether oxygens (including phenoxy) is 2. The molecule has 0 atom stereocenters. The van der Waals surface area contributed by atoms with E-state index in [1.165, 1.54) is 125 Å². The third kappa shape index (κ3) is 15.7. The van der Waals surface area contributed by atoms with Crippen molar-refractivity contribution in [2.24, 2.45) is 0 Å². The zero-order chi connectivity index (χ0) is 30.1. The fraction of sp³-hybridized carbons (Fsp3) is 0.684. The summed E-state index contributed by atoms with van der Waals surface area (Å²) < 4.78 is 12.6. The number of unbranched alkanes of at least 4 members (excludes halogenated alkanes) is 8. The normalized spacial score (nSPS) is 11.7. The third-order valence-corrected chi connectivity index (χ3v) is 8.26. The molecule has 0 N–H and O–H groups in total. The van der Waals surface area contributed by atoms with Gasteiger partial charge in [0, 0.05) is 13.1 Å². The molecular formula is C38H64N2O2. The largest absolute Gasteiger partial charge is 0.375 e. The van der Waals surface area contributed by atoms with Crippen LogP contribution in [0.2, 0.25) is 0 Å². The van der Waals surface area contributed by atoms with Gasteiger partial charge in [0.05, 0.1) is 26.4 Å². The van der Waals surface area contributed by atoms with Crippen LogP contribution in [0.5, 0.6) is 0 Å². The van der Waals surface area contributed by atoms with Crippen molar-refractivity contribution in [1.82, 2.24) is 9.80 Å². The predicted molar refractivity (Wildman–Crippen MR) is 182 cm³/mol. The SMILES string of the molecule is CCCCCN(CCCCC)CCOCc1ccccc1-c1ccccc1COCCN(CCCCC)CCCCC. The fourth-order valence-electron chi connectivity index (χ4n) is 5.58. The summed E-state index contributed by atoms with van der Waals surface area (Å²) in [6.07, 6.45) is 15.5. The molecular weight excluding hydrogens is 516 g/mol. The van der Waals surface area contributed by atoms with Crippen molar-refractivity contribution in [2.45, 2.75) is 118 Å². The maximum atomic E-state index is 6.29. The highest BCUT2D eigenvalue weighted by Crippen LogP contribution is 2.28. The van der Waals surface area contributed by atoms with Crippen LogP contribution < -0.4 is 0 Å². The van der Waals surface area contributed by atoms with Crippen LogP contribution in [0.4, 0.5) is 0 Å². The summed E-state index contributed by atoms with van der Waals surface area (Å²) in [4.78, 5) is 5.22. The van der Waals surface area contributed by atoms with Gasteiger partial charge in [-0.3, -0.25) is 0 Å². The maximum absolute atomic E-state index is 6.29. The third-order valence-electron chi connectivity index (χ3n) is 8.26. The molecule has 0 saturated carbocycles. The van der Waals surface area contributed by atoms with Gasteiger partial charge in [-0.25, -0.2) is 0 Å². The van der Waals surface area contributed by atoms with Crippen molar-refractivity contribution in [2.75, 3.05) is 52.5 Å². The Labute approximate surface area is 260 Å². The van der Waals surface area contributed by atoms with Crippen molar-refractivity contribution in [3.8, 4) is 11.1 Å². The van der Waals surface area contributed by atoms with E-state index in [0.717, 1.165) is 26.3 Å². The monoisotopic (exact) mass is 580 g/mol. The van der Waals surface area contributed by atoms with E-state index in [4.69, 9.17) is 9.47 Å². The van der Waals surface area contributed by atoms with Gasteiger partial charge in [-0.1, -0.05) is 128 Å². The average molecular weight is 581 g/mol. The Morgan fingerprint density at radius 2 is 0.762 bits per heavy atom. The number of nitrogens with zero attached hydrogens (tertiary/aromatic N) is 2. The Morgan fingerprint density at radius 3 is 1.10 bits per heavy atom. The summed E-state index contributed by atoms with van der Waals surface area (Å²) in [5.74, 6) is 0. The molecule has 0 aliphatic rings. The highest BCUT2D eigenvalue weighted by molar-refractivity contribution is 5.70. The van der Waals surface area contributed by atoms with Crippen LogP contribution in [0.1, 0.15) is 116 Å². The number of rotatable bonds is 27. The quantitative estimate of drug-likeness (QED) is 0.0982. The molecule has 0 spiro atoms. The molecule has 238 valence electrons. The zero-order valence-corrected chi connectivity index (χ0v) is 27.9. The topological polar surface area (TPSA) is 24.9 Å². The lowest BCUT2D eigenvalue weighted by Crippen LogP contribution is -2.30. The van der Waals surface area contributed by atoms with Crippen molar-refractivity contribution in [3.63, 3.8) is 0 Å². The Balaban J connectivity index is 1.92. The summed E-state index contributed by atoms with van der Waals surface area (Å²) in [7, 11) is 0. The second-order valence-corrected chi connectivity index (χ2v) is 11.9. The van der Waals surface area contributed by atoms with E-state index in [-0.39, 0.29) is 0 Å². The molecule has 0 aliphatic heterocycles. The molecule has 2 rings (SSSR count). The summed E-state index contributed by atoms with van der Waals surface area (Å²) in [6.45, 7) is 18.8. The van der Waals surface area contributed by atoms with Gasteiger partial charge in [0.2, 0.25) is 0 Å². The lowest BCUT2D eigenvalue weighted by Gasteiger charge is -2.23. The molecule has 0 heterocycles. The molecule has 4 heteroatoms. The standard InChI is InChI=1S/C38H64N2O2/c1-5-9-17-25-39(26-18-10-6-2)29-31-41-33-35-21-13-15-23-37(35)38-24-16-14-22-36(38)34-42-32-30-40(27-19-11-7-3)28-20-12-8-4/h13-16,21-24H,5-12,17-20,25-34H2,1-4H3. The molecule has 0 fully saturated rings. The van der Waals surface area contributed by atoms with Crippen LogP contribution in [0.25, 0.3) is 11.1 Å². The minimum absolute atomic E-state index is 0.646. The van der Waals surface area contributed by atoms with Crippen molar-refractivity contribution in [1.29, 1.82) is 0 Å². The minimum atomic E-state index is 0.646. The lowest BCUT2D eigenvalue weighted by molar-refractivity contribution is 0.0907. The second-order valence-electron chi connectivity index (χ2n) is 11.9. The van der Waals surface area contributed by atoms with E-state index in [1.807, 2.05) is 0 Å². The zero-order valence-electron chi connectivity index (χ0n) is 27.9. The molecule has 0 radical (unpaired) electrons. The van der Waals surface area contributed by atoms with Crippen LogP contribution in [0.15, 0.2) is 48.5 Å². The van der Waals surface area contributed by atoms with Gasteiger partial charge in [-0.05, 0) is 74.1 Å². The first-order chi connectivity index (χ1) is 20.7. The number of benzene rings is 2. The van der Waals surface area contributed by atoms with Gasteiger partial charge in [-0.15, -0.1) is 0 Å². The Morgan fingerprint density at radius 1 is 0.429 bits per heavy atom. The van der Waals surface area contributed by atoms with E-state index in [0.29, 0.717) is 13.2 Å². The van der Waals surface area contributed by atoms with Gasteiger partial charge < -0.3 is 19.3 Å². The Kier molecular flexibility index (Phi) is 21.4. The van der Waals surface area contributed by atoms with Crippen molar-refractivity contribution >= 4 is 0 Å².